The van der Waals surface area contributed by atoms with Gasteiger partial charge in [-0.15, -0.1) is 0 Å². The zero-order valence-electron chi connectivity index (χ0n) is 19.1. The summed E-state index contributed by atoms with van der Waals surface area (Å²) in [5.41, 5.74) is 3.67. The lowest BCUT2D eigenvalue weighted by Gasteiger charge is -2.34. The first-order valence-electron chi connectivity index (χ1n) is 11.7. The SMILES string of the molecule is CC(=O)NCC(=O)N1CCC[C@H](c2nc(C)c3c(n2)N(CCc2ccccc2)CCC3)C1. The number of fused-ring (bicyclic) bond motifs is 1. The Morgan fingerprint density at radius 3 is 2.72 bits per heavy atom. The zero-order chi connectivity index (χ0) is 22.5. The number of nitrogens with one attached hydrogen (secondary N) is 1. The average molecular weight is 436 g/mol. The number of carbonyl (C=O) groups excluding carboxylic acids is 2. The van der Waals surface area contributed by atoms with Crippen LogP contribution in [0.1, 0.15) is 54.7 Å². The number of hydrogen-bond donors (Lipinski definition) is 1. The summed E-state index contributed by atoms with van der Waals surface area (Å²) in [7, 11) is 0. The van der Waals surface area contributed by atoms with Gasteiger partial charge in [0.2, 0.25) is 11.8 Å². The highest BCUT2D eigenvalue weighted by molar-refractivity contribution is 5.83. The van der Waals surface area contributed by atoms with Gasteiger partial charge in [0.1, 0.15) is 11.6 Å². The van der Waals surface area contributed by atoms with Crippen LogP contribution in [0.4, 0.5) is 5.82 Å². The standard InChI is InChI=1S/C25H33N5O2/c1-18-22-11-7-13-29(15-12-20-8-4-3-5-9-20)25(22)28-24(27-18)21-10-6-14-30(17-21)23(32)16-26-19(2)31/h3-5,8-9,21H,6-7,10-17H2,1-2H3,(H,26,31)/t21-/m0/s1. The van der Waals surface area contributed by atoms with Crippen LogP contribution in [0.5, 0.6) is 0 Å². The van der Waals surface area contributed by atoms with Crippen LogP contribution in [-0.4, -0.2) is 59.4 Å². The van der Waals surface area contributed by atoms with Crippen molar-refractivity contribution in [1.29, 1.82) is 0 Å². The van der Waals surface area contributed by atoms with Gasteiger partial charge in [-0.25, -0.2) is 9.97 Å². The fourth-order valence-electron chi connectivity index (χ4n) is 4.74. The number of rotatable bonds is 6. The number of carbonyl (C=O) groups is 2. The molecule has 0 radical (unpaired) electrons. The highest BCUT2D eigenvalue weighted by atomic mass is 16.2. The Morgan fingerprint density at radius 2 is 1.94 bits per heavy atom. The van der Waals surface area contributed by atoms with Crippen molar-refractivity contribution in [2.24, 2.45) is 0 Å². The third kappa shape index (κ3) is 5.26. The van der Waals surface area contributed by atoms with Gasteiger partial charge in [0.15, 0.2) is 0 Å². The smallest absolute Gasteiger partial charge is 0.241 e. The van der Waals surface area contributed by atoms with Crippen LogP contribution in [-0.2, 0) is 22.4 Å². The summed E-state index contributed by atoms with van der Waals surface area (Å²) in [6, 6.07) is 10.6. The second kappa shape index (κ2) is 10.1. The largest absolute Gasteiger partial charge is 0.356 e. The van der Waals surface area contributed by atoms with Crippen LogP contribution < -0.4 is 10.2 Å². The summed E-state index contributed by atoms with van der Waals surface area (Å²) in [6.07, 6.45) is 5.04. The molecule has 0 aliphatic carbocycles. The van der Waals surface area contributed by atoms with Crippen molar-refractivity contribution in [1.82, 2.24) is 20.2 Å². The molecule has 0 bridgehead atoms. The maximum atomic E-state index is 12.5. The van der Waals surface area contributed by atoms with E-state index in [0.717, 1.165) is 69.1 Å². The van der Waals surface area contributed by atoms with E-state index in [9.17, 15) is 9.59 Å². The quantitative estimate of drug-likeness (QED) is 0.755. The molecule has 1 aromatic heterocycles. The monoisotopic (exact) mass is 435 g/mol. The molecule has 4 rings (SSSR count). The third-order valence-corrected chi connectivity index (χ3v) is 6.50. The summed E-state index contributed by atoms with van der Waals surface area (Å²) in [5, 5.41) is 2.61. The molecule has 1 atom stereocenters. The van der Waals surface area contributed by atoms with E-state index in [0.29, 0.717) is 6.54 Å². The number of hydrogen-bond acceptors (Lipinski definition) is 5. The Morgan fingerprint density at radius 1 is 1.12 bits per heavy atom. The molecule has 2 aliphatic heterocycles. The summed E-state index contributed by atoms with van der Waals surface area (Å²) in [6.45, 7) is 6.87. The van der Waals surface area contributed by atoms with Gasteiger partial charge in [-0.2, -0.15) is 0 Å². The predicted molar refractivity (Wildman–Crippen MR) is 125 cm³/mol. The van der Waals surface area contributed by atoms with Crippen molar-refractivity contribution >= 4 is 17.6 Å². The number of aryl methyl sites for hydroxylation is 1. The first-order valence-corrected chi connectivity index (χ1v) is 11.7. The van der Waals surface area contributed by atoms with Gasteiger partial charge in [-0.1, -0.05) is 30.3 Å². The van der Waals surface area contributed by atoms with Gasteiger partial charge in [0.05, 0.1) is 6.54 Å². The molecule has 1 fully saturated rings. The van der Waals surface area contributed by atoms with E-state index in [2.05, 4.69) is 47.5 Å². The average Bonchev–Trinajstić information content (AvgIpc) is 2.82. The molecule has 2 amide bonds. The zero-order valence-corrected chi connectivity index (χ0v) is 19.1. The van der Waals surface area contributed by atoms with Crippen LogP contribution in [0.15, 0.2) is 30.3 Å². The van der Waals surface area contributed by atoms with Crippen molar-refractivity contribution < 1.29 is 9.59 Å². The summed E-state index contributed by atoms with van der Waals surface area (Å²) in [5.74, 6) is 1.84. The molecule has 0 saturated carbocycles. The molecule has 1 saturated heterocycles. The molecule has 0 spiro atoms. The van der Waals surface area contributed by atoms with Gasteiger partial charge in [0, 0.05) is 50.3 Å². The van der Waals surface area contributed by atoms with Gasteiger partial charge >= 0.3 is 0 Å². The first-order chi connectivity index (χ1) is 15.5. The van der Waals surface area contributed by atoms with E-state index in [-0.39, 0.29) is 24.3 Å². The van der Waals surface area contributed by atoms with Gasteiger partial charge in [-0.3, -0.25) is 9.59 Å². The van der Waals surface area contributed by atoms with E-state index >= 15 is 0 Å². The molecule has 1 aromatic carbocycles. The van der Waals surface area contributed by atoms with E-state index < -0.39 is 0 Å². The summed E-state index contributed by atoms with van der Waals surface area (Å²) in [4.78, 5) is 37.9. The number of piperidine rings is 1. The fraction of sp³-hybridized carbons (Fsp3) is 0.520. The Bertz CT molecular complexity index is 962. The lowest BCUT2D eigenvalue weighted by molar-refractivity contribution is -0.133. The number of benzene rings is 1. The molecule has 7 nitrogen and oxygen atoms in total. The first kappa shape index (κ1) is 22.2. The minimum Gasteiger partial charge on any atom is -0.356 e. The lowest BCUT2D eigenvalue weighted by Crippen LogP contribution is -2.44. The maximum Gasteiger partial charge on any atom is 0.241 e. The molecular weight excluding hydrogens is 402 g/mol. The van der Waals surface area contributed by atoms with Gasteiger partial charge in [0.25, 0.3) is 0 Å². The van der Waals surface area contributed by atoms with Crippen LogP contribution in [0.2, 0.25) is 0 Å². The van der Waals surface area contributed by atoms with Crippen molar-refractivity contribution in [2.75, 3.05) is 37.6 Å². The molecule has 2 aromatic rings. The fourth-order valence-corrected chi connectivity index (χ4v) is 4.74. The van der Waals surface area contributed by atoms with E-state index in [1.54, 1.807) is 0 Å². The Kier molecular flexibility index (Phi) is 7.02. The van der Waals surface area contributed by atoms with E-state index in [1.807, 2.05) is 4.90 Å². The summed E-state index contributed by atoms with van der Waals surface area (Å²) < 4.78 is 0. The van der Waals surface area contributed by atoms with Crippen molar-refractivity contribution in [2.45, 2.75) is 51.9 Å². The number of aromatic nitrogens is 2. The van der Waals surface area contributed by atoms with E-state index in [1.165, 1.54) is 18.1 Å². The molecule has 7 heteroatoms. The number of nitrogens with zero attached hydrogens (tertiary/aromatic N) is 4. The predicted octanol–water partition coefficient (Wildman–Crippen LogP) is 2.62. The number of anilines is 1. The molecule has 0 unspecified atom stereocenters. The third-order valence-electron chi connectivity index (χ3n) is 6.50. The second-order valence-corrected chi connectivity index (χ2v) is 8.88. The minimum absolute atomic E-state index is 0.0379. The van der Waals surface area contributed by atoms with Gasteiger partial charge in [-0.05, 0) is 44.6 Å². The number of amides is 2. The van der Waals surface area contributed by atoms with Crippen LogP contribution in [0.3, 0.4) is 0 Å². The highest BCUT2D eigenvalue weighted by Gasteiger charge is 2.29. The Labute approximate surface area is 190 Å². The highest BCUT2D eigenvalue weighted by Crippen LogP contribution is 2.31. The van der Waals surface area contributed by atoms with Crippen molar-refractivity contribution in [3.63, 3.8) is 0 Å². The molecule has 32 heavy (non-hydrogen) atoms. The second-order valence-electron chi connectivity index (χ2n) is 8.88. The normalized spacial score (nSPS) is 18.2. The van der Waals surface area contributed by atoms with Gasteiger partial charge < -0.3 is 15.1 Å². The molecule has 3 heterocycles. The Balaban J connectivity index is 1.49. The van der Waals surface area contributed by atoms with Crippen LogP contribution in [0, 0.1) is 6.92 Å². The molecule has 1 N–H and O–H groups in total. The molecular formula is C25H33N5O2. The van der Waals surface area contributed by atoms with Crippen LogP contribution in [0.25, 0.3) is 0 Å². The molecule has 170 valence electrons. The topological polar surface area (TPSA) is 78.4 Å². The maximum absolute atomic E-state index is 12.5. The molecule has 2 aliphatic rings. The van der Waals surface area contributed by atoms with Crippen molar-refractivity contribution in [3.8, 4) is 0 Å². The number of likely N-dealkylation sites (tertiary alicyclic amines) is 1. The Hall–Kier alpha value is -2.96. The minimum atomic E-state index is -0.184. The van der Waals surface area contributed by atoms with E-state index in [4.69, 9.17) is 9.97 Å². The van der Waals surface area contributed by atoms with Crippen LogP contribution >= 0.6 is 0 Å². The summed E-state index contributed by atoms with van der Waals surface area (Å²) >= 11 is 0. The lowest BCUT2D eigenvalue weighted by atomic mass is 9.96. The van der Waals surface area contributed by atoms with Crippen molar-refractivity contribution in [3.05, 3.63) is 53.0 Å².